The molecule has 0 N–H and O–H groups in total. The maximum Gasteiger partial charge on any atom is 0.140 e. The first-order valence-electron chi connectivity index (χ1n) is 4.47. The Labute approximate surface area is 77.8 Å². The highest BCUT2D eigenvalue weighted by Gasteiger charge is 2.25. The van der Waals surface area contributed by atoms with E-state index >= 15 is 0 Å². The zero-order chi connectivity index (χ0) is 9.26. The SMILES string of the molecule is Cc1cccc(C#N)c1OC1CC1. The highest BCUT2D eigenvalue weighted by molar-refractivity contribution is 5.48. The summed E-state index contributed by atoms with van der Waals surface area (Å²) in [5.74, 6) is 0.771. The second kappa shape index (κ2) is 3.10. The molecular weight excluding hydrogens is 162 g/mol. The molecule has 1 fully saturated rings. The molecule has 0 saturated heterocycles. The zero-order valence-electron chi connectivity index (χ0n) is 7.58. The van der Waals surface area contributed by atoms with Crippen molar-refractivity contribution in [2.45, 2.75) is 25.9 Å². The highest BCUT2D eigenvalue weighted by atomic mass is 16.5. The lowest BCUT2D eigenvalue weighted by atomic mass is 10.1. The Kier molecular flexibility index (Phi) is 1.94. The molecule has 0 atom stereocenters. The van der Waals surface area contributed by atoms with Crippen LogP contribution in [0.5, 0.6) is 5.75 Å². The average molecular weight is 173 g/mol. The van der Waals surface area contributed by atoms with Gasteiger partial charge in [0.25, 0.3) is 0 Å². The number of para-hydroxylation sites is 1. The van der Waals surface area contributed by atoms with E-state index in [0.29, 0.717) is 11.7 Å². The van der Waals surface area contributed by atoms with Crippen LogP contribution in [0.3, 0.4) is 0 Å². The molecule has 0 bridgehead atoms. The van der Waals surface area contributed by atoms with Gasteiger partial charge < -0.3 is 4.74 Å². The van der Waals surface area contributed by atoms with E-state index in [2.05, 4.69) is 6.07 Å². The van der Waals surface area contributed by atoms with Gasteiger partial charge in [0, 0.05) is 0 Å². The van der Waals surface area contributed by atoms with Gasteiger partial charge in [-0.15, -0.1) is 0 Å². The van der Waals surface area contributed by atoms with E-state index in [0.717, 1.165) is 24.2 Å². The summed E-state index contributed by atoms with van der Waals surface area (Å²) in [6, 6.07) is 7.79. The van der Waals surface area contributed by atoms with Crippen molar-refractivity contribution in [3.05, 3.63) is 29.3 Å². The largest absolute Gasteiger partial charge is 0.489 e. The highest BCUT2D eigenvalue weighted by Crippen LogP contribution is 2.31. The fourth-order valence-corrected chi connectivity index (χ4v) is 1.25. The van der Waals surface area contributed by atoms with Crippen LogP contribution in [0.15, 0.2) is 18.2 Å². The Morgan fingerprint density at radius 2 is 2.23 bits per heavy atom. The van der Waals surface area contributed by atoms with Gasteiger partial charge in [0.15, 0.2) is 0 Å². The summed E-state index contributed by atoms with van der Waals surface area (Å²) in [6.07, 6.45) is 2.60. The molecule has 1 aliphatic rings. The van der Waals surface area contributed by atoms with Crippen LogP contribution in [0, 0.1) is 18.3 Å². The number of nitriles is 1. The number of hydrogen-bond acceptors (Lipinski definition) is 2. The van der Waals surface area contributed by atoms with E-state index in [9.17, 15) is 0 Å². The van der Waals surface area contributed by atoms with Crippen LogP contribution >= 0.6 is 0 Å². The number of benzene rings is 1. The van der Waals surface area contributed by atoms with Gasteiger partial charge in [0.05, 0.1) is 11.7 Å². The van der Waals surface area contributed by atoms with Gasteiger partial charge in [-0.3, -0.25) is 0 Å². The van der Waals surface area contributed by atoms with Gasteiger partial charge in [0.2, 0.25) is 0 Å². The maximum atomic E-state index is 8.85. The van der Waals surface area contributed by atoms with E-state index < -0.39 is 0 Å². The van der Waals surface area contributed by atoms with Gasteiger partial charge in [-0.2, -0.15) is 5.26 Å². The molecule has 2 rings (SSSR count). The van der Waals surface area contributed by atoms with Gasteiger partial charge in [0.1, 0.15) is 11.8 Å². The maximum absolute atomic E-state index is 8.85. The van der Waals surface area contributed by atoms with E-state index in [4.69, 9.17) is 10.00 Å². The standard InChI is InChI=1S/C11H11NO/c1-8-3-2-4-9(7-12)11(8)13-10-5-6-10/h2-4,10H,5-6H2,1H3. The van der Waals surface area contributed by atoms with Crippen LogP contribution in [-0.2, 0) is 0 Å². The summed E-state index contributed by atoms with van der Waals surface area (Å²) < 4.78 is 5.66. The van der Waals surface area contributed by atoms with Crippen molar-refractivity contribution < 1.29 is 4.74 Å². The summed E-state index contributed by atoms with van der Waals surface area (Å²) >= 11 is 0. The summed E-state index contributed by atoms with van der Waals surface area (Å²) in [4.78, 5) is 0. The minimum absolute atomic E-state index is 0.355. The number of aryl methyl sites for hydroxylation is 1. The normalized spacial score (nSPS) is 15.1. The zero-order valence-corrected chi connectivity index (χ0v) is 7.58. The fourth-order valence-electron chi connectivity index (χ4n) is 1.25. The Balaban J connectivity index is 2.34. The molecule has 0 amide bonds. The second-order valence-electron chi connectivity index (χ2n) is 3.38. The molecule has 0 spiro atoms. The van der Waals surface area contributed by atoms with Crippen molar-refractivity contribution in [3.63, 3.8) is 0 Å². The fraction of sp³-hybridized carbons (Fsp3) is 0.364. The Bertz CT molecular complexity index is 361. The van der Waals surface area contributed by atoms with Gasteiger partial charge in [-0.1, -0.05) is 12.1 Å². The number of hydrogen-bond donors (Lipinski definition) is 0. The molecular formula is C11H11NO. The number of ether oxygens (including phenoxy) is 1. The molecule has 0 aliphatic heterocycles. The number of rotatable bonds is 2. The molecule has 2 heteroatoms. The number of nitrogens with zero attached hydrogens (tertiary/aromatic N) is 1. The molecule has 2 nitrogen and oxygen atoms in total. The molecule has 0 radical (unpaired) electrons. The van der Waals surface area contributed by atoms with Crippen LogP contribution in [0.1, 0.15) is 24.0 Å². The Morgan fingerprint density at radius 3 is 2.85 bits per heavy atom. The molecule has 1 saturated carbocycles. The first-order valence-corrected chi connectivity index (χ1v) is 4.47. The van der Waals surface area contributed by atoms with Crippen molar-refractivity contribution in [1.29, 1.82) is 5.26 Å². The first kappa shape index (κ1) is 8.12. The van der Waals surface area contributed by atoms with Gasteiger partial charge in [-0.05, 0) is 31.4 Å². The summed E-state index contributed by atoms with van der Waals surface area (Å²) in [5, 5.41) is 8.85. The average Bonchev–Trinajstić information content (AvgIpc) is 2.92. The monoisotopic (exact) mass is 173 g/mol. The third-order valence-electron chi connectivity index (χ3n) is 2.14. The predicted molar refractivity (Wildman–Crippen MR) is 49.5 cm³/mol. The second-order valence-corrected chi connectivity index (χ2v) is 3.38. The molecule has 0 unspecified atom stereocenters. The topological polar surface area (TPSA) is 33.0 Å². The van der Waals surface area contributed by atoms with Gasteiger partial charge >= 0.3 is 0 Å². The Morgan fingerprint density at radius 1 is 1.46 bits per heavy atom. The minimum Gasteiger partial charge on any atom is -0.489 e. The lowest BCUT2D eigenvalue weighted by Crippen LogP contribution is -1.99. The van der Waals surface area contributed by atoms with Crippen LogP contribution in [0.2, 0.25) is 0 Å². The summed E-state index contributed by atoms with van der Waals surface area (Å²) in [6.45, 7) is 1.97. The molecule has 1 aliphatic carbocycles. The lowest BCUT2D eigenvalue weighted by molar-refractivity contribution is 0.300. The van der Waals surface area contributed by atoms with E-state index in [1.165, 1.54) is 0 Å². The smallest absolute Gasteiger partial charge is 0.140 e. The van der Waals surface area contributed by atoms with Crippen LogP contribution in [0.4, 0.5) is 0 Å². The molecule has 1 aromatic rings. The Hall–Kier alpha value is -1.49. The van der Waals surface area contributed by atoms with E-state index in [1.807, 2.05) is 19.1 Å². The van der Waals surface area contributed by atoms with Crippen molar-refractivity contribution in [2.24, 2.45) is 0 Å². The van der Waals surface area contributed by atoms with Gasteiger partial charge in [-0.25, -0.2) is 0 Å². The van der Waals surface area contributed by atoms with Crippen molar-refractivity contribution in [3.8, 4) is 11.8 Å². The van der Waals surface area contributed by atoms with Crippen molar-refractivity contribution in [2.75, 3.05) is 0 Å². The summed E-state index contributed by atoms with van der Waals surface area (Å²) in [7, 11) is 0. The first-order chi connectivity index (χ1) is 6.31. The van der Waals surface area contributed by atoms with Crippen LogP contribution in [0.25, 0.3) is 0 Å². The molecule has 0 aromatic heterocycles. The van der Waals surface area contributed by atoms with Crippen molar-refractivity contribution >= 4 is 0 Å². The summed E-state index contributed by atoms with van der Waals surface area (Å²) in [5.41, 5.74) is 1.69. The molecule has 66 valence electrons. The van der Waals surface area contributed by atoms with Crippen molar-refractivity contribution in [1.82, 2.24) is 0 Å². The molecule has 0 heterocycles. The van der Waals surface area contributed by atoms with E-state index in [1.54, 1.807) is 6.07 Å². The van der Waals surface area contributed by atoms with E-state index in [-0.39, 0.29) is 0 Å². The third-order valence-corrected chi connectivity index (χ3v) is 2.14. The molecule has 1 aromatic carbocycles. The van der Waals surface area contributed by atoms with Crippen LogP contribution < -0.4 is 4.74 Å². The third kappa shape index (κ3) is 1.65. The quantitative estimate of drug-likeness (QED) is 0.688. The predicted octanol–water partition coefficient (Wildman–Crippen LogP) is 2.41. The lowest BCUT2D eigenvalue weighted by Gasteiger charge is -2.08. The minimum atomic E-state index is 0.355. The molecule has 13 heavy (non-hydrogen) atoms. The van der Waals surface area contributed by atoms with Crippen LogP contribution in [-0.4, -0.2) is 6.10 Å².